The number of hydrogen-bond donors (Lipinski definition) is 2. The third-order valence-electron chi connectivity index (χ3n) is 5.33. The lowest BCUT2D eigenvalue weighted by Crippen LogP contribution is -2.34. The molecule has 1 unspecified atom stereocenters. The number of carbonyl (C=O) groups excluding carboxylic acids is 1. The van der Waals surface area contributed by atoms with Crippen LogP contribution in [0.3, 0.4) is 0 Å². The molecule has 1 heterocycles. The summed E-state index contributed by atoms with van der Waals surface area (Å²) in [5, 5.41) is 8.20. The highest BCUT2D eigenvalue weighted by Crippen LogP contribution is 2.20. The first-order chi connectivity index (χ1) is 14.5. The van der Waals surface area contributed by atoms with Crippen molar-refractivity contribution >= 4 is 28.1 Å². The number of rotatable bonds is 5. The third-order valence-corrected chi connectivity index (χ3v) is 5.33. The van der Waals surface area contributed by atoms with Gasteiger partial charge in [-0.05, 0) is 48.9 Å². The van der Waals surface area contributed by atoms with Crippen molar-refractivity contribution in [2.75, 3.05) is 10.6 Å². The van der Waals surface area contributed by atoms with Gasteiger partial charge in [0.2, 0.25) is 5.91 Å². The maximum Gasteiger partial charge on any atom is 0.295 e. The van der Waals surface area contributed by atoms with Crippen molar-refractivity contribution in [2.45, 2.75) is 19.9 Å². The smallest absolute Gasteiger partial charge is 0.295 e. The Bertz CT molecular complexity index is 1270. The van der Waals surface area contributed by atoms with Crippen LogP contribution in [0.1, 0.15) is 12.6 Å². The van der Waals surface area contributed by atoms with Gasteiger partial charge in [-0.1, -0.05) is 48.5 Å². The standard InChI is InChI=1S/C24H24N4O2/c1-16(23(29)26-20-14-13-18-9-7-8-10-19(18)15-20)25-22-17(2)27(3)28(24(22)30)21-11-5-4-6-12-21/h4-16,25H,1-3H3,(H,26,29). The summed E-state index contributed by atoms with van der Waals surface area (Å²) >= 11 is 0. The highest BCUT2D eigenvalue weighted by molar-refractivity contribution is 5.98. The first-order valence-electron chi connectivity index (χ1n) is 9.86. The Morgan fingerprint density at radius 3 is 2.33 bits per heavy atom. The van der Waals surface area contributed by atoms with Crippen LogP contribution in [0.2, 0.25) is 0 Å². The summed E-state index contributed by atoms with van der Waals surface area (Å²) in [6.07, 6.45) is 0. The van der Waals surface area contributed by atoms with Crippen LogP contribution in [0.4, 0.5) is 11.4 Å². The van der Waals surface area contributed by atoms with Gasteiger partial charge in [0.25, 0.3) is 5.56 Å². The van der Waals surface area contributed by atoms with Crippen molar-refractivity contribution in [3.8, 4) is 5.69 Å². The second-order valence-corrected chi connectivity index (χ2v) is 7.35. The van der Waals surface area contributed by atoms with Crippen LogP contribution in [0.5, 0.6) is 0 Å². The summed E-state index contributed by atoms with van der Waals surface area (Å²) in [5.41, 5.74) is 2.48. The van der Waals surface area contributed by atoms with Crippen LogP contribution < -0.4 is 16.2 Å². The molecule has 0 spiro atoms. The van der Waals surface area contributed by atoms with Gasteiger partial charge in [-0.25, -0.2) is 4.68 Å². The quantitative estimate of drug-likeness (QED) is 0.530. The molecule has 6 heteroatoms. The normalized spacial score (nSPS) is 12.0. The number of amides is 1. The van der Waals surface area contributed by atoms with Crippen molar-refractivity contribution in [1.29, 1.82) is 0 Å². The molecule has 6 nitrogen and oxygen atoms in total. The van der Waals surface area contributed by atoms with E-state index in [2.05, 4.69) is 10.6 Å². The molecule has 1 aromatic heterocycles. The van der Waals surface area contributed by atoms with Crippen molar-refractivity contribution in [1.82, 2.24) is 9.36 Å². The van der Waals surface area contributed by atoms with Gasteiger partial charge >= 0.3 is 0 Å². The fourth-order valence-corrected chi connectivity index (χ4v) is 3.53. The van der Waals surface area contributed by atoms with Crippen LogP contribution in [-0.4, -0.2) is 21.3 Å². The van der Waals surface area contributed by atoms with Gasteiger partial charge in [0.1, 0.15) is 11.7 Å². The van der Waals surface area contributed by atoms with E-state index in [1.807, 2.05) is 86.8 Å². The molecular formula is C24H24N4O2. The molecule has 0 aliphatic carbocycles. The molecule has 0 saturated heterocycles. The summed E-state index contributed by atoms with van der Waals surface area (Å²) in [7, 11) is 1.83. The summed E-state index contributed by atoms with van der Waals surface area (Å²) in [6, 6.07) is 22.6. The summed E-state index contributed by atoms with van der Waals surface area (Å²) in [5.74, 6) is -0.209. The number of carbonyl (C=O) groups is 1. The molecule has 30 heavy (non-hydrogen) atoms. The SMILES string of the molecule is Cc1c(NC(C)C(=O)Nc2ccc3ccccc3c2)c(=O)n(-c2ccccc2)n1C. The monoisotopic (exact) mass is 400 g/mol. The van der Waals surface area contributed by atoms with Gasteiger partial charge in [-0.15, -0.1) is 0 Å². The Morgan fingerprint density at radius 1 is 0.933 bits per heavy atom. The van der Waals surface area contributed by atoms with Crippen molar-refractivity contribution in [3.63, 3.8) is 0 Å². The Balaban J connectivity index is 1.55. The Morgan fingerprint density at radius 2 is 1.60 bits per heavy atom. The molecule has 4 aromatic rings. The maximum absolute atomic E-state index is 13.0. The number of anilines is 2. The molecule has 1 amide bonds. The predicted octanol–water partition coefficient (Wildman–Crippen LogP) is 4.08. The first kappa shape index (κ1) is 19.5. The molecule has 4 rings (SSSR count). The number of nitrogens with one attached hydrogen (secondary N) is 2. The Kier molecular flexibility index (Phi) is 5.14. The van der Waals surface area contributed by atoms with Crippen LogP contribution in [-0.2, 0) is 11.8 Å². The van der Waals surface area contributed by atoms with Gasteiger partial charge in [-0.3, -0.25) is 14.3 Å². The minimum Gasteiger partial charge on any atom is -0.368 e. The number of aromatic nitrogens is 2. The molecule has 0 fully saturated rings. The molecule has 0 aliphatic heterocycles. The average molecular weight is 400 g/mol. The number of para-hydroxylation sites is 1. The molecule has 1 atom stereocenters. The van der Waals surface area contributed by atoms with E-state index in [4.69, 9.17) is 0 Å². The molecule has 0 saturated carbocycles. The molecule has 152 valence electrons. The fraction of sp³-hybridized carbons (Fsp3) is 0.167. The molecule has 2 N–H and O–H groups in total. The van der Waals surface area contributed by atoms with Crippen LogP contribution in [0.15, 0.2) is 77.6 Å². The van der Waals surface area contributed by atoms with E-state index in [9.17, 15) is 9.59 Å². The summed E-state index contributed by atoms with van der Waals surface area (Å²) in [6.45, 7) is 3.60. The van der Waals surface area contributed by atoms with Crippen molar-refractivity contribution in [2.24, 2.45) is 7.05 Å². The maximum atomic E-state index is 13.0. The van der Waals surface area contributed by atoms with Crippen LogP contribution in [0, 0.1) is 6.92 Å². The predicted molar refractivity (Wildman–Crippen MR) is 121 cm³/mol. The van der Waals surface area contributed by atoms with E-state index in [0.29, 0.717) is 5.69 Å². The van der Waals surface area contributed by atoms with Crippen LogP contribution >= 0.6 is 0 Å². The number of fused-ring (bicyclic) bond motifs is 1. The average Bonchev–Trinajstić information content (AvgIpc) is 2.97. The first-order valence-corrected chi connectivity index (χ1v) is 9.86. The molecule has 0 bridgehead atoms. The summed E-state index contributed by atoms with van der Waals surface area (Å²) in [4.78, 5) is 25.8. The second-order valence-electron chi connectivity index (χ2n) is 7.35. The lowest BCUT2D eigenvalue weighted by atomic mass is 10.1. The van der Waals surface area contributed by atoms with E-state index < -0.39 is 6.04 Å². The van der Waals surface area contributed by atoms with E-state index in [0.717, 1.165) is 27.8 Å². The van der Waals surface area contributed by atoms with E-state index >= 15 is 0 Å². The minimum absolute atomic E-state index is 0.188. The second kappa shape index (κ2) is 7.91. The third kappa shape index (κ3) is 3.59. The molecule has 0 aliphatic rings. The zero-order chi connectivity index (χ0) is 21.3. The largest absolute Gasteiger partial charge is 0.368 e. The zero-order valence-electron chi connectivity index (χ0n) is 17.2. The molecular weight excluding hydrogens is 376 g/mol. The van der Waals surface area contributed by atoms with Gasteiger partial charge in [-0.2, -0.15) is 0 Å². The van der Waals surface area contributed by atoms with Gasteiger partial charge in [0.05, 0.1) is 11.4 Å². The Labute approximate surface area is 174 Å². The number of nitrogens with zero attached hydrogens (tertiary/aromatic N) is 2. The van der Waals surface area contributed by atoms with Gasteiger partial charge in [0.15, 0.2) is 0 Å². The number of benzene rings is 3. The highest BCUT2D eigenvalue weighted by Gasteiger charge is 2.20. The highest BCUT2D eigenvalue weighted by atomic mass is 16.2. The van der Waals surface area contributed by atoms with E-state index in [-0.39, 0.29) is 11.5 Å². The lowest BCUT2D eigenvalue weighted by molar-refractivity contribution is -0.116. The van der Waals surface area contributed by atoms with Gasteiger partial charge in [0, 0.05) is 12.7 Å². The Hall–Kier alpha value is -3.80. The van der Waals surface area contributed by atoms with Crippen molar-refractivity contribution < 1.29 is 4.79 Å². The number of hydrogen-bond acceptors (Lipinski definition) is 3. The molecule has 0 radical (unpaired) electrons. The fourth-order valence-electron chi connectivity index (χ4n) is 3.53. The summed E-state index contributed by atoms with van der Waals surface area (Å²) < 4.78 is 3.37. The van der Waals surface area contributed by atoms with Crippen molar-refractivity contribution in [3.05, 3.63) is 88.8 Å². The van der Waals surface area contributed by atoms with E-state index in [1.54, 1.807) is 16.3 Å². The zero-order valence-corrected chi connectivity index (χ0v) is 17.2. The minimum atomic E-state index is -0.588. The van der Waals surface area contributed by atoms with E-state index in [1.165, 1.54) is 0 Å². The van der Waals surface area contributed by atoms with Crippen LogP contribution in [0.25, 0.3) is 16.5 Å². The topological polar surface area (TPSA) is 68.1 Å². The van der Waals surface area contributed by atoms with Gasteiger partial charge < -0.3 is 10.6 Å². The lowest BCUT2D eigenvalue weighted by Gasteiger charge is -2.14. The molecule has 3 aromatic carbocycles.